The third-order valence-corrected chi connectivity index (χ3v) is 1.79. The molecule has 3 nitrogen and oxygen atoms in total. The third-order valence-electron chi connectivity index (χ3n) is 1.79. The van der Waals surface area contributed by atoms with Gasteiger partial charge in [-0.3, -0.25) is 0 Å². The fourth-order valence-electron chi connectivity index (χ4n) is 0.831. The van der Waals surface area contributed by atoms with Crippen LogP contribution in [0.1, 0.15) is 13.8 Å². The molecule has 0 aliphatic rings. The molecule has 0 amide bonds. The van der Waals surface area contributed by atoms with Crippen LogP contribution in [-0.4, -0.2) is 19.2 Å². The van der Waals surface area contributed by atoms with Crippen LogP contribution in [0, 0.1) is 0 Å². The van der Waals surface area contributed by atoms with Crippen LogP contribution in [0.5, 0.6) is 0 Å². The van der Waals surface area contributed by atoms with Crippen molar-refractivity contribution in [2.75, 3.05) is 7.05 Å². The Morgan fingerprint density at radius 2 is 1.93 bits per heavy atom. The Bertz CT molecular complexity index is 280. The second kappa shape index (κ2) is 5.36. The number of nitrogens with two attached hydrogens (primary N) is 1. The standard InChI is InChI=1S/C9H15F2N3/c1-5(6(2)13-4)8(9(10)11)14-7(3)12/h9,13H,3,12H2,1-2,4H3/b6-5+,14-8+. The monoisotopic (exact) mass is 203 g/mol. The maximum absolute atomic E-state index is 12.5. The topological polar surface area (TPSA) is 50.4 Å². The van der Waals surface area contributed by atoms with E-state index in [4.69, 9.17) is 5.73 Å². The maximum Gasteiger partial charge on any atom is 0.280 e. The molecule has 0 saturated heterocycles. The summed E-state index contributed by atoms with van der Waals surface area (Å²) >= 11 is 0. The molecule has 0 fully saturated rings. The molecule has 0 radical (unpaired) electrons. The van der Waals surface area contributed by atoms with E-state index in [1.807, 2.05) is 0 Å². The molecule has 3 N–H and O–H groups in total. The van der Waals surface area contributed by atoms with Gasteiger partial charge in [0.15, 0.2) is 0 Å². The lowest BCUT2D eigenvalue weighted by Gasteiger charge is -2.09. The Morgan fingerprint density at radius 1 is 1.43 bits per heavy atom. The van der Waals surface area contributed by atoms with Gasteiger partial charge in [0.25, 0.3) is 6.43 Å². The Kier molecular flexibility index (Phi) is 4.83. The van der Waals surface area contributed by atoms with Gasteiger partial charge < -0.3 is 11.1 Å². The molecule has 0 aromatic rings. The summed E-state index contributed by atoms with van der Waals surface area (Å²) in [4.78, 5) is 3.50. The molecule has 0 aliphatic heterocycles. The molecule has 0 saturated carbocycles. The summed E-state index contributed by atoms with van der Waals surface area (Å²) in [5.74, 6) is -0.122. The predicted octanol–water partition coefficient (Wildman–Crippen LogP) is 1.64. The number of alkyl halides is 2. The fourth-order valence-corrected chi connectivity index (χ4v) is 0.831. The summed E-state index contributed by atoms with van der Waals surface area (Å²) < 4.78 is 25.0. The van der Waals surface area contributed by atoms with Crippen molar-refractivity contribution < 1.29 is 8.78 Å². The van der Waals surface area contributed by atoms with E-state index in [1.165, 1.54) is 0 Å². The molecule has 5 heteroatoms. The van der Waals surface area contributed by atoms with Gasteiger partial charge in [0.1, 0.15) is 11.5 Å². The van der Waals surface area contributed by atoms with Crippen molar-refractivity contribution in [1.82, 2.24) is 5.32 Å². The van der Waals surface area contributed by atoms with Crippen LogP contribution in [0.15, 0.2) is 28.7 Å². The van der Waals surface area contributed by atoms with Crippen molar-refractivity contribution in [3.8, 4) is 0 Å². The molecular formula is C9H15F2N3. The number of aliphatic imine (C=N–C) groups is 1. The minimum absolute atomic E-state index is 0.122. The smallest absolute Gasteiger partial charge is 0.280 e. The Morgan fingerprint density at radius 3 is 2.21 bits per heavy atom. The van der Waals surface area contributed by atoms with Gasteiger partial charge in [0, 0.05) is 12.7 Å². The van der Waals surface area contributed by atoms with Crippen LogP contribution < -0.4 is 11.1 Å². The second-order valence-corrected chi connectivity index (χ2v) is 2.79. The highest BCUT2D eigenvalue weighted by molar-refractivity contribution is 6.03. The maximum atomic E-state index is 12.5. The average Bonchev–Trinajstić information content (AvgIpc) is 2.11. The zero-order valence-corrected chi connectivity index (χ0v) is 8.56. The Labute approximate surface area is 82.4 Å². The highest BCUT2D eigenvalue weighted by Crippen LogP contribution is 2.11. The highest BCUT2D eigenvalue weighted by atomic mass is 19.3. The molecule has 0 aromatic heterocycles. The van der Waals surface area contributed by atoms with Crippen molar-refractivity contribution in [2.45, 2.75) is 20.3 Å². The van der Waals surface area contributed by atoms with Gasteiger partial charge in [-0.1, -0.05) is 6.58 Å². The Hall–Kier alpha value is -1.39. The molecule has 0 bridgehead atoms. The molecular weight excluding hydrogens is 188 g/mol. The van der Waals surface area contributed by atoms with E-state index in [-0.39, 0.29) is 11.5 Å². The van der Waals surface area contributed by atoms with Crippen LogP contribution in [-0.2, 0) is 0 Å². The summed E-state index contributed by atoms with van der Waals surface area (Å²) in [6, 6.07) is 0. The predicted molar refractivity (Wildman–Crippen MR) is 54.2 cm³/mol. The van der Waals surface area contributed by atoms with Crippen molar-refractivity contribution in [3.63, 3.8) is 0 Å². The number of hydrogen-bond donors (Lipinski definition) is 2. The van der Waals surface area contributed by atoms with Crippen LogP contribution in [0.4, 0.5) is 8.78 Å². The quantitative estimate of drug-likeness (QED) is 0.682. The van der Waals surface area contributed by atoms with Gasteiger partial charge in [-0.15, -0.1) is 0 Å². The molecule has 14 heavy (non-hydrogen) atoms. The van der Waals surface area contributed by atoms with Gasteiger partial charge in [-0.2, -0.15) is 0 Å². The third kappa shape index (κ3) is 3.55. The van der Waals surface area contributed by atoms with E-state index in [2.05, 4.69) is 16.9 Å². The minimum Gasteiger partial charge on any atom is -0.391 e. The van der Waals surface area contributed by atoms with E-state index in [1.54, 1.807) is 20.9 Å². The molecule has 80 valence electrons. The first kappa shape index (κ1) is 12.6. The lowest BCUT2D eigenvalue weighted by molar-refractivity contribution is 0.226. The van der Waals surface area contributed by atoms with Crippen LogP contribution in [0.25, 0.3) is 0 Å². The molecule has 0 aromatic carbocycles. The summed E-state index contributed by atoms with van der Waals surface area (Å²) in [6.45, 7) is 6.50. The minimum atomic E-state index is -2.65. The number of nitrogens with zero attached hydrogens (tertiary/aromatic N) is 1. The Balaban J connectivity index is 5.14. The number of rotatable bonds is 4. The van der Waals surface area contributed by atoms with Gasteiger partial charge in [0.05, 0.1) is 0 Å². The number of allylic oxidation sites excluding steroid dienone is 2. The number of nitrogens with one attached hydrogen (secondary N) is 1. The first-order valence-electron chi connectivity index (χ1n) is 4.06. The first-order chi connectivity index (χ1) is 6.40. The van der Waals surface area contributed by atoms with E-state index < -0.39 is 6.43 Å². The van der Waals surface area contributed by atoms with Crippen molar-refractivity contribution in [2.24, 2.45) is 10.7 Å². The molecule has 0 spiro atoms. The first-order valence-corrected chi connectivity index (χ1v) is 4.06. The average molecular weight is 203 g/mol. The van der Waals surface area contributed by atoms with E-state index >= 15 is 0 Å². The highest BCUT2D eigenvalue weighted by Gasteiger charge is 2.16. The summed E-state index contributed by atoms with van der Waals surface area (Å²) in [6.07, 6.45) is -2.65. The second-order valence-electron chi connectivity index (χ2n) is 2.79. The molecule has 0 unspecified atom stereocenters. The van der Waals surface area contributed by atoms with Crippen molar-refractivity contribution in [1.29, 1.82) is 0 Å². The lowest BCUT2D eigenvalue weighted by Crippen LogP contribution is -2.18. The number of hydrogen-bond acceptors (Lipinski definition) is 3. The van der Waals surface area contributed by atoms with E-state index in [9.17, 15) is 8.78 Å². The molecule has 0 heterocycles. The molecule has 0 aliphatic carbocycles. The van der Waals surface area contributed by atoms with Crippen molar-refractivity contribution >= 4 is 5.71 Å². The van der Waals surface area contributed by atoms with Gasteiger partial charge >= 0.3 is 0 Å². The van der Waals surface area contributed by atoms with Gasteiger partial charge in [0.2, 0.25) is 0 Å². The van der Waals surface area contributed by atoms with Gasteiger partial charge in [-0.25, -0.2) is 13.8 Å². The van der Waals surface area contributed by atoms with E-state index in [0.717, 1.165) is 0 Å². The van der Waals surface area contributed by atoms with Crippen molar-refractivity contribution in [3.05, 3.63) is 23.7 Å². The normalized spacial score (nSPS) is 14.0. The van der Waals surface area contributed by atoms with E-state index in [0.29, 0.717) is 11.3 Å². The largest absolute Gasteiger partial charge is 0.391 e. The number of halogens is 2. The fraction of sp³-hybridized carbons (Fsp3) is 0.444. The molecule has 0 atom stereocenters. The summed E-state index contributed by atoms with van der Waals surface area (Å²) in [5.41, 5.74) is 5.82. The zero-order valence-electron chi connectivity index (χ0n) is 8.56. The van der Waals surface area contributed by atoms with Crippen LogP contribution in [0.2, 0.25) is 0 Å². The lowest BCUT2D eigenvalue weighted by atomic mass is 10.1. The van der Waals surface area contributed by atoms with Gasteiger partial charge in [-0.05, 0) is 19.4 Å². The van der Waals surface area contributed by atoms with Crippen LogP contribution >= 0.6 is 0 Å². The SMILES string of the molecule is C=C(N)/N=C(\C(C)=C(/C)NC)C(F)F. The molecule has 0 rings (SSSR count). The zero-order chi connectivity index (χ0) is 11.3. The summed E-state index contributed by atoms with van der Waals surface area (Å²) in [7, 11) is 1.65. The summed E-state index contributed by atoms with van der Waals surface area (Å²) in [5, 5.41) is 2.77. The van der Waals surface area contributed by atoms with Crippen LogP contribution in [0.3, 0.4) is 0 Å².